The highest BCUT2D eigenvalue weighted by molar-refractivity contribution is 5.90. The van der Waals surface area contributed by atoms with E-state index in [1.54, 1.807) is 12.3 Å². The second kappa shape index (κ2) is 7.29. The lowest BCUT2D eigenvalue weighted by Gasteiger charge is -2.35. The normalized spacial score (nSPS) is 18.7. The molecule has 21 heavy (non-hydrogen) atoms. The van der Waals surface area contributed by atoms with Crippen LogP contribution < -0.4 is 10.1 Å². The van der Waals surface area contributed by atoms with E-state index in [0.717, 1.165) is 25.8 Å². The number of hydrogen-bond donors (Lipinski definition) is 1. The van der Waals surface area contributed by atoms with Crippen LogP contribution in [0.25, 0.3) is 0 Å². The number of ether oxygens (including phenoxy) is 1. The van der Waals surface area contributed by atoms with Gasteiger partial charge in [0, 0.05) is 18.8 Å². The van der Waals surface area contributed by atoms with Crippen LogP contribution in [0.3, 0.4) is 0 Å². The van der Waals surface area contributed by atoms with Crippen LogP contribution in [0.1, 0.15) is 46.5 Å². The molecular formula is C16H25N3O2. The van der Waals surface area contributed by atoms with E-state index in [1.165, 1.54) is 6.42 Å². The van der Waals surface area contributed by atoms with Gasteiger partial charge in [0.05, 0.1) is 6.10 Å². The first-order valence-electron chi connectivity index (χ1n) is 7.81. The molecule has 1 aromatic heterocycles. The molecule has 2 rings (SSSR count). The number of nitrogens with zero attached hydrogens (tertiary/aromatic N) is 2. The summed E-state index contributed by atoms with van der Waals surface area (Å²) >= 11 is 0. The first-order valence-corrected chi connectivity index (χ1v) is 7.81. The van der Waals surface area contributed by atoms with Crippen molar-refractivity contribution in [1.29, 1.82) is 0 Å². The summed E-state index contributed by atoms with van der Waals surface area (Å²) in [7, 11) is 0. The summed E-state index contributed by atoms with van der Waals surface area (Å²) < 4.78 is 5.64. The first kappa shape index (κ1) is 15.6. The fraction of sp³-hybridized carbons (Fsp3) is 0.625. The summed E-state index contributed by atoms with van der Waals surface area (Å²) in [6.45, 7) is 6.84. The third-order valence-corrected chi connectivity index (χ3v) is 3.72. The molecule has 2 amide bonds. The van der Waals surface area contributed by atoms with Crippen molar-refractivity contribution >= 4 is 11.7 Å². The van der Waals surface area contributed by atoms with E-state index in [4.69, 9.17) is 4.74 Å². The van der Waals surface area contributed by atoms with Crippen LogP contribution in [0.2, 0.25) is 0 Å². The SMILES string of the molecule is CCC1CCCCN1C(=O)Nc1cccnc1OC(C)C. The molecule has 1 unspecified atom stereocenters. The highest BCUT2D eigenvalue weighted by Gasteiger charge is 2.26. The predicted molar refractivity (Wildman–Crippen MR) is 83.7 cm³/mol. The molecule has 0 bridgehead atoms. The van der Waals surface area contributed by atoms with Gasteiger partial charge in [-0.05, 0) is 51.7 Å². The van der Waals surface area contributed by atoms with Gasteiger partial charge in [0.25, 0.3) is 0 Å². The van der Waals surface area contributed by atoms with E-state index in [1.807, 2.05) is 24.8 Å². The molecule has 0 radical (unpaired) electrons. The molecule has 0 spiro atoms. The van der Waals surface area contributed by atoms with Gasteiger partial charge >= 0.3 is 6.03 Å². The van der Waals surface area contributed by atoms with Crippen molar-refractivity contribution in [3.05, 3.63) is 18.3 Å². The number of carbonyl (C=O) groups is 1. The van der Waals surface area contributed by atoms with E-state index >= 15 is 0 Å². The molecule has 0 aromatic carbocycles. The van der Waals surface area contributed by atoms with E-state index in [2.05, 4.69) is 17.2 Å². The maximum absolute atomic E-state index is 12.5. The standard InChI is InChI=1S/C16H25N3O2/c1-4-13-8-5-6-11-19(13)16(20)18-14-9-7-10-17-15(14)21-12(2)3/h7,9-10,12-13H,4-6,8,11H2,1-3H3,(H,18,20). The zero-order chi connectivity index (χ0) is 15.2. The number of likely N-dealkylation sites (tertiary alicyclic amines) is 1. The molecule has 2 heterocycles. The van der Waals surface area contributed by atoms with Gasteiger partial charge < -0.3 is 15.0 Å². The molecule has 0 aliphatic carbocycles. The van der Waals surface area contributed by atoms with Crippen molar-refractivity contribution in [3.8, 4) is 5.88 Å². The number of rotatable bonds is 4. The monoisotopic (exact) mass is 291 g/mol. The largest absolute Gasteiger partial charge is 0.473 e. The van der Waals surface area contributed by atoms with Gasteiger partial charge in [-0.3, -0.25) is 0 Å². The highest BCUT2D eigenvalue weighted by Crippen LogP contribution is 2.24. The van der Waals surface area contributed by atoms with Crippen LogP contribution in [-0.4, -0.2) is 34.6 Å². The first-order chi connectivity index (χ1) is 10.1. The Balaban J connectivity index is 2.08. The van der Waals surface area contributed by atoms with E-state index in [-0.39, 0.29) is 12.1 Å². The molecule has 1 saturated heterocycles. The lowest BCUT2D eigenvalue weighted by atomic mass is 10.0. The average molecular weight is 291 g/mol. The number of urea groups is 1. The minimum atomic E-state index is -0.0526. The van der Waals surface area contributed by atoms with Crippen molar-refractivity contribution < 1.29 is 9.53 Å². The minimum absolute atomic E-state index is 0.0222. The topological polar surface area (TPSA) is 54.5 Å². The van der Waals surface area contributed by atoms with Crippen molar-refractivity contribution in [1.82, 2.24) is 9.88 Å². The lowest BCUT2D eigenvalue weighted by molar-refractivity contribution is 0.160. The molecular weight excluding hydrogens is 266 g/mol. The van der Waals surface area contributed by atoms with Crippen LogP contribution in [0.15, 0.2) is 18.3 Å². The number of amides is 2. The summed E-state index contributed by atoms with van der Waals surface area (Å²) in [4.78, 5) is 18.6. The maximum Gasteiger partial charge on any atom is 0.322 e. The van der Waals surface area contributed by atoms with Gasteiger partial charge in [0.1, 0.15) is 5.69 Å². The quantitative estimate of drug-likeness (QED) is 0.921. The Kier molecular flexibility index (Phi) is 5.42. The molecule has 5 nitrogen and oxygen atoms in total. The van der Waals surface area contributed by atoms with E-state index in [9.17, 15) is 4.79 Å². The number of hydrogen-bond acceptors (Lipinski definition) is 3. The number of aromatic nitrogens is 1. The van der Waals surface area contributed by atoms with Gasteiger partial charge in [-0.1, -0.05) is 6.92 Å². The van der Waals surface area contributed by atoms with Crippen molar-refractivity contribution in [2.75, 3.05) is 11.9 Å². The fourth-order valence-corrected chi connectivity index (χ4v) is 2.68. The minimum Gasteiger partial charge on any atom is -0.473 e. The second-order valence-corrected chi connectivity index (χ2v) is 5.70. The summed E-state index contributed by atoms with van der Waals surface area (Å²) in [5, 5.41) is 2.95. The van der Waals surface area contributed by atoms with E-state index in [0.29, 0.717) is 17.6 Å². The van der Waals surface area contributed by atoms with Gasteiger partial charge in [-0.25, -0.2) is 9.78 Å². The molecule has 1 N–H and O–H groups in total. The number of pyridine rings is 1. The Morgan fingerprint density at radius 2 is 2.33 bits per heavy atom. The summed E-state index contributed by atoms with van der Waals surface area (Å²) in [5.74, 6) is 0.478. The summed E-state index contributed by atoms with van der Waals surface area (Å²) in [6, 6.07) is 3.91. The molecule has 1 aliphatic heterocycles. The third-order valence-electron chi connectivity index (χ3n) is 3.72. The van der Waals surface area contributed by atoms with Gasteiger partial charge in [-0.2, -0.15) is 0 Å². The molecule has 0 saturated carbocycles. The third kappa shape index (κ3) is 4.09. The number of piperidine rings is 1. The number of nitrogens with one attached hydrogen (secondary N) is 1. The van der Waals surface area contributed by atoms with Crippen LogP contribution >= 0.6 is 0 Å². The van der Waals surface area contributed by atoms with Gasteiger partial charge in [0.2, 0.25) is 5.88 Å². The van der Waals surface area contributed by atoms with Crippen molar-refractivity contribution in [2.24, 2.45) is 0 Å². The number of carbonyl (C=O) groups excluding carboxylic acids is 1. The van der Waals surface area contributed by atoms with Crippen molar-refractivity contribution in [3.63, 3.8) is 0 Å². The zero-order valence-corrected chi connectivity index (χ0v) is 13.1. The molecule has 1 atom stereocenters. The highest BCUT2D eigenvalue weighted by atomic mass is 16.5. The zero-order valence-electron chi connectivity index (χ0n) is 13.1. The molecule has 5 heteroatoms. The van der Waals surface area contributed by atoms with Crippen LogP contribution in [0.5, 0.6) is 5.88 Å². The van der Waals surface area contributed by atoms with Crippen LogP contribution in [0, 0.1) is 0 Å². The second-order valence-electron chi connectivity index (χ2n) is 5.70. The van der Waals surface area contributed by atoms with Gasteiger partial charge in [0.15, 0.2) is 0 Å². The molecule has 1 aliphatic rings. The molecule has 116 valence electrons. The Labute approximate surface area is 126 Å². The Bertz CT molecular complexity index is 476. The Morgan fingerprint density at radius 1 is 1.52 bits per heavy atom. The predicted octanol–water partition coefficient (Wildman–Crippen LogP) is 3.67. The maximum atomic E-state index is 12.5. The van der Waals surface area contributed by atoms with Crippen LogP contribution in [0.4, 0.5) is 10.5 Å². The lowest BCUT2D eigenvalue weighted by Crippen LogP contribution is -2.45. The molecule has 1 fully saturated rings. The fourth-order valence-electron chi connectivity index (χ4n) is 2.68. The molecule has 1 aromatic rings. The smallest absolute Gasteiger partial charge is 0.322 e. The number of anilines is 1. The summed E-state index contributed by atoms with van der Waals surface area (Å²) in [6.07, 6.45) is 6.06. The summed E-state index contributed by atoms with van der Waals surface area (Å²) in [5.41, 5.74) is 0.636. The Morgan fingerprint density at radius 3 is 3.05 bits per heavy atom. The Hall–Kier alpha value is -1.78. The average Bonchev–Trinajstić information content (AvgIpc) is 2.48. The van der Waals surface area contributed by atoms with Gasteiger partial charge in [-0.15, -0.1) is 0 Å². The van der Waals surface area contributed by atoms with E-state index < -0.39 is 0 Å². The van der Waals surface area contributed by atoms with Crippen molar-refractivity contribution in [2.45, 2.75) is 58.6 Å². The van der Waals surface area contributed by atoms with Crippen LogP contribution in [-0.2, 0) is 0 Å².